The number of nitrogens with zero attached hydrogens (tertiary/aromatic N) is 1. The third kappa shape index (κ3) is 4.15. The second-order valence-electron chi connectivity index (χ2n) is 6.48. The molecule has 1 saturated carbocycles. The van der Waals surface area contributed by atoms with Gasteiger partial charge in [-0.15, -0.1) is 0 Å². The summed E-state index contributed by atoms with van der Waals surface area (Å²) in [6.07, 6.45) is 4.97. The molecular weight excluding hydrogens is 304 g/mol. The van der Waals surface area contributed by atoms with Crippen molar-refractivity contribution in [1.29, 1.82) is 0 Å². The fourth-order valence-corrected chi connectivity index (χ4v) is 3.52. The SMILES string of the molecule is CCN(CC)C(=O)C1(NCc2cccc(C(=O)O)c2)CCCCC1. The number of hydrogen-bond acceptors (Lipinski definition) is 3. The average Bonchev–Trinajstić information content (AvgIpc) is 2.62. The minimum atomic E-state index is -0.927. The fraction of sp³-hybridized carbons (Fsp3) is 0.579. The molecule has 1 aliphatic rings. The number of rotatable bonds is 7. The molecule has 2 N–H and O–H groups in total. The van der Waals surface area contributed by atoms with Crippen molar-refractivity contribution in [1.82, 2.24) is 10.2 Å². The van der Waals surface area contributed by atoms with Gasteiger partial charge in [-0.3, -0.25) is 10.1 Å². The van der Waals surface area contributed by atoms with Crippen LogP contribution in [0.3, 0.4) is 0 Å². The van der Waals surface area contributed by atoms with E-state index in [4.69, 9.17) is 5.11 Å². The van der Waals surface area contributed by atoms with Gasteiger partial charge in [0, 0.05) is 19.6 Å². The van der Waals surface area contributed by atoms with Crippen LogP contribution in [0.4, 0.5) is 0 Å². The van der Waals surface area contributed by atoms with Crippen molar-refractivity contribution in [2.75, 3.05) is 13.1 Å². The molecule has 1 fully saturated rings. The van der Waals surface area contributed by atoms with Gasteiger partial charge < -0.3 is 10.0 Å². The van der Waals surface area contributed by atoms with Crippen molar-refractivity contribution in [2.24, 2.45) is 0 Å². The molecule has 0 bridgehead atoms. The van der Waals surface area contributed by atoms with Gasteiger partial charge in [0.05, 0.1) is 11.1 Å². The molecule has 132 valence electrons. The smallest absolute Gasteiger partial charge is 0.335 e. The number of carboxylic acids is 1. The lowest BCUT2D eigenvalue weighted by atomic mass is 9.80. The minimum absolute atomic E-state index is 0.182. The Labute approximate surface area is 144 Å². The van der Waals surface area contributed by atoms with Crippen LogP contribution in [-0.4, -0.2) is 40.5 Å². The summed E-state index contributed by atoms with van der Waals surface area (Å²) in [7, 11) is 0. The van der Waals surface area contributed by atoms with Gasteiger partial charge in [0.25, 0.3) is 0 Å². The molecule has 5 heteroatoms. The van der Waals surface area contributed by atoms with Crippen molar-refractivity contribution in [3.05, 3.63) is 35.4 Å². The van der Waals surface area contributed by atoms with Crippen molar-refractivity contribution >= 4 is 11.9 Å². The summed E-state index contributed by atoms with van der Waals surface area (Å²) in [5.41, 5.74) is 0.665. The van der Waals surface area contributed by atoms with Crippen molar-refractivity contribution in [3.63, 3.8) is 0 Å². The van der Waals surface area contributed by atoms with Crippen LogP contribution in [-0.2, 0) is 11.3 Å². The average molecular weight is 332 g/mol. The van der Waals surface area contributed by atoms with E-state index in [1.807, 2.05) is 24.8 Å². The lowest BCUT2D eigenvalue weighted by molar-refractivity contribution is -0.139. The first kappa shape index (κ1) is 18.5. The van der Waals surface area contributed by atoms with Gasteiger partial charge in [0.2, 0.25) is 5.91 Å². The third-order valence-corrected chi connectivity index (χ3v) is 4.97. The Morgan fingerprint density at radius 1 is 1.17 bits per heavy atom. The fourth-order valence-electron chi connectivity index (χ4n) is 3.52. The maximum absolute atomic E-state index is 13.0. The van der Waals surface area contributed by atoms with Crippen LogP contribution in [0.1, 0.15) is 61.9 Å². The molecule has 2 rings (SSSR count). The van der Waals surface area contributed by atoms with Crippen LogP contribution < -0.4 is 5.32 Å². The number of likely N-dealkylation sites (N-methyl/N-ethyl adjacent to an activating group) is 1. The number of hydrogen-bond donors (Lipinski definition) is 2. The van der Waals surface area contributed by atoms with Gasteiger partial charge in [0.1, 0.15) is 0 Å². The van der Waals surface area contributed by atoms with E-state index in [9.17, 15) is 9.59 Å². The maximum atomic E-state index is 13.0. The summed E-state index contributed by atoms with van der Waals surface area (Å²) in [6, 6.07) is 6.91. The van der Waals surface area contributed by atoms with E-state index < -0.39 is 11.5 Å². The van der Waals surface area contributed by atoms with Crippen LogP contribution in [0.25, 0.3) is 0 Å². The number of carbonyl (C=O) groups excluding carboxylic acids is 1. The largest absolute Gasteiger partial charge is 0.478 e. The molecular formula is C19H28N2O3. The van der Waals surface area contributed by atoms with Gasteiger partial charge in [-0.1, -0.05) is 31.4 Å². The van der Waals surface area contributed by atoms with Gasteiger partial charge in [-0.25, -0.2) is 4.79 Å². The summed E-state index contributed by atoms with van der Waals surface area (Å²) < 4.78 is 0. The number of benzene rings is 1. The molecule has 0 atom stereocenters. The van der Waals surface area contributed by atoms with E-state index in [2.05, 4.69) is 5.32 Å². The molecule has 0 saturated heterocycles. The summed E-state index contributed by atoms with van der Waals surface area (Å²) >= 11 is 0. The summed E-state index contributed by atoms with van der Waals surface area (Å²) in [4.78, 5) is 26.1. The van der Waals surface area contributed by atoms with Gasteiger partial charge in [-0.2, -0.15) is 0 Å². The number of aromatic carboxylic acids is 1. The Balaban J connectivity index is 2.16. The summed E-state index contributed by atoms with van der Waals surface area (Å²) in [5.74, 6) is -0.745. The van der Waals surface area contributed by atoms with E-state index in [1.165, 1.54) is 6.42 Å². The van der Waals surface area contributed by atoms with E-state index in [0.29, 0.717) is 19.6 Å². The van der Waals surface area contributed by atoms with Crippen molar-refractivity contribution in [3.8, 4) is 0 Å². The Bertz CT molecular complexity index is 576. The Morgan fingerprint density at radius 3 is 2.42 bits per heavy atom. The molecule has 0 spiro atoms. The first-order valence-electron chi connectivity index (χ1n) is 8.89. The van der Waals surface area contributed by atoms with Gasteiger partial charge >= 0.3 is 5.97 Å². The van der Waals surface area contributed by atoms with Gasteiger partial charge in [0.15, 0.2) is 0 Å². The van der Waals surface area contributed by atoms with E-state index in [-0.39, 0.29) is 11.5 Å². The van der Waals surface area contributed by atoms with Crippen LogP contribution >= 0.6 is 0 Å². The maximum Gasteiger partial charge on any atom is 0.335 e. The molecule has 0 heterocycles. The highest BCUT2D eigenvalue weighted by molar-refractivity contribution is 5.88. The first-order chi connectivity index (χ1) is 11.5. The van der Waals surface area contributed by atoms with E-state index in [0.717, 1.165) is 31.2 Å². The van der Waals surface area contributed by atoms with E-state index >= 15 is 0 Å². The lowest BCUT2D eigenvalue weighted by Gasteiger charge is -2.40. The predicted octanol–water partition coefficient (Wildman–Crippen LogP) is 3.05. The Hall–Kier alpha value is -1.88. The highest BCUT2D eigenvalue weighted by Gasteiger charge is 2.40. The zero-order valence-electron chi connectivity index (χ0n) is 14.7. The quantitative estimate of drug-likeness (QED) is 0.805. The van der Waals surface area contributed by atoms with Crippen LogP contribution in [0.2, 0.25) is 0 Å². The molecule has 0 aromatic heterocycles. The third-order valence-electron chi connectivity index (χ3n) is 4.97. The highest BCUT2D eigenvalue weighted by Crippen LogP contribution is 2.30. The second-order valence-corrected chi connectivity index (χ2v) is 6.48. The second kappa shape index (κ2) is 8.29. The van der Waals surface area contributed by atoms with Crippen molar-refractivity contribution in [2.45, 2.75) is 58.0 Å². The normalized spacial score (nSPS) is 16.6. The molecule has 24 heavy (non-hydrogen) atoms. The Kier molecular flexibility index (Phi) is 6.37. The number of nitrogens with one attached hydrogen (secondary N) is 1. The monoisotopic (exact) mass is 332 g/mol. The summed E-state index contributed by atoms with van der Waals surface area (Å²) in [5, 5.41) is 12.6. The molecule has 0 radical (unpaired) electrons. The predicted molar refractivity (Wildman–Crippen MR) is 94.0 cm³/mol. The molecule has 1 aromatic carbocycles. The minimum Gasteiger partial charge on any atom is -0.478 e. The molecule has 0 unspecified atom stereocenters. The molecule has 1 aromatic rings. The molecule has 5 nitrogen and oxygen atoms in total. The van der Waals surface area contributed by atoms with Crippen LogP contribution in [0.5, 0.6) is 0 Å². The standard InChI is InChI=1S/C19H28N2O3/c1-3-21(4-2)18(24)19(11-6-5-7-12-19)20-14-15-9-8-10-16(13-15)17(22)23/h8-10,13,20H,3-7,11-12,14H2,1-2H3,(H,22,23). The first-order valence-corrected chi connectivity index (χ1v) is 8.89. The van der Waals surface area contributed by atoms with Crippen LogP contribution in [0, 0.1) is 0 Å². The summed E-state index contributed by atoms with van der Waals surface area (Å²) in [6.45, 7) is 5.96. The van der Waals surface area contributed by atoms with Gasteiger partial charge in [-0.05, 0) is 44.4 Å². The highest BCUT2D eigenvalue weighted by atomic mass is 16.4. The van der Waals surface area contributed by atoms with Crippen LogP contribution in [0.15, 0.2) is 24.3 Å². The Morgan fingerprint density at radius 2 is 1.83 bits per heavy atom. The zero-order valence-corrected chi connectivity index (χ0v) is 14.7. The topological polar surface area (TPSA) is 69.6 Å². The molecule has 0 aliphatic heterocycles. The molecule has 1 amide bonds. The lowest BCUT2D eigenvalue weighted by Crippen LogP contribution is -2.58. The van der Waals surface area contributed by atoms with E-state index in [1.54, 1.807) is 18.2 Å². The number of carbonyl (C=O) groups is 2. The van der Waals surface area contributed by atoms with Crippen molar-refractivity contribution < 1.29 is 14.7 Å². The number of carboxylic acid groups (broad SMARTS) is 1. The number of amides is 1. The zero-order chi connectivity index (χ0) is 17.6. The molecule has 1 aliphatic carbocycles.